The summed E-state index contributed by atoms with van der Waals surface area (Å²) in [5, 5.41) is 13.1. The summed E-state index contributed by atoms with van der Waals surface area (Å²) in [5.41, 5.74) is 3.07. The molecule has 0 unspecified atom stereocenters. The molecule has 3 rings (SSSR count). The molecule has 0 radical (unpaired) electrons. The van der Waals surface area contributed by atoms with Crippen LogP contribution in [-0.2, 0) is 16.9 Å². The van der Waals surface area contributed by atoms with Crippen molar-refractivity contribution in [2.24, 2.45) is 0 Å². The van der Waals surface area contributed by atoms with Crippen molar-refractivity contribution in [1.82, 2.24) is 4.90 Å². The number of hydrogen-bond acceptors (Lipinski definition) is 3. The molecule has 0 bridgehead atoms. The van der Waals surface area contributed by atoms with E-state index in [1.807, 2.05) is 32.3 Å². The van der Waals surface area contributed by atoms with Gasteiger partial charge in [-0.3, -0.25) is 0 Å². The van der Waals surface area contributed by atoms with Gasteiger partial charge in [0.1, 0.15) is 17.0 Å². The summed E-state index contributed by atoms with van der Waals surface area (Å²) in [4.78, 5) is 2.14. The van der Waals surface area contributed by atoms with Gasteiger partial charge in [0.05, 0.1) is 6.61 Å². The van der Waals surface area contributed by atoms with Crippen molar-refractivity contribution in [3.63, 3.8) is 0 Å². The molecule has 0 saturated heterocycles. The maximum absolute atomic E-state index is 13.4. The van der Waals surface area contributed by atoms with Crippen LogP contribution in [0, 0.1) is 17.1 Å². The van der Waals surface area contributed by atoms with Crippen LogP contribution in [0.1, 0.15) is 35.1 Å². The second kappa shape index (κ2) is 7.22. The first-order valence-electron chi connectivity index (χ1n) is 8.32. The Labute approximate surface area is 147 Å². The molecule has 1 heterocycles. The summed E-state index contributed by atoms with van der Waals surface area (Å²) in [6.45, 7) is 1.39. The lowest BCUT2D eigenvalue weighted by Gasteiger charge is -2.31. The zero-order chi connectivity index (χ0) is 17.9. The van der Waals surface area contributed by atoms with Gasteiger partial charge in [-0.25, -0.2) is 4.39 Å². The van der Waals surface area contributed by atoms with Crippen molar-refractivity contribution in [2.45, 2.75) is 25.0 Å². The monoisotopic (exact) mass is 340 g/mol. The number of halogens is 1. The SMILES string of the molecule is CN(C)CCC[C@]1(c2ccc(F)cc2)OCc2cc(C#[N+][O-])ccc21. The van der Waals surface area contributed by atoms with Crippen LogP contribution in [0.5, 0.6) is 0 Å². The van der Waals surface area contributed by atoms with Gasteiger partial charge < -0.3 is 14.8 Å². The van der Waals surface area contributed by atoms with Crippen LogP contribution < -0.4 is 0 Å². The average molecular weight is 340 g/mol. The molecule has 2 aromatic rings. The first-order valence-corrected chi connectivity index (χ1v) is 8.32. The number of hydrogen-bond donors (Lipinski definition) is 0. The Morgan fingerprint density at radius 1 is 1.24 bits per heavy atom. The largest absolute Gasteiger partial charge is 0.498 e. The summed E-state index contributed by atoms with van der Waals surface area (Å²) in [7, 11) is 4.08. The lowest BCUT2D eigenvalue weighted by atomic mass is 9.81. The van der Waals surface area contributed by atoms with E-state index < -0.39 is 5.60 Å². The second-order valence-corrected chi connectivity index (χ2v) is 6.60. The van der Waals surface area contributed by atoms with Crippen molar-refractivity contribution < 1.29 is 9.13 Å². The van der Waals surface area contributed by atoms with E-state index in [9.17, 15) is 9.60 Å². The van der Waals surface area contributed by atoms with Gasteiger partial charge in [-0.15, -0.1) is 0 Å². The zero-order valence-corrected chi connectivity index (χ0v) is 14.5. The minimum atomic E-state index is -0.591. The number of ether oxygens (including phenoxy) is 1. The van der Waals surface area contributed by atoms with E-state index in [4.69, 9.17) is 4.74 Å². The van der Waals surface area contributed by atoms with Gasteiger partial charge in [0.25, 0.3) is 0 Å². The van der Waals surface area contributed by atoms with Crippen LogP contribution in [0.4, 0.5) is 4.39 Å². The van der Waals surface area contributed by atoms with E-state index in [1.54, 1.807) is 12.1 Å². The highest BCUT2D eigenvalue weighted by atomic mass is 19.1. The minimum absolute atomic E-state index is 0.262. The van der Waals surface area contributed by atoms with E-state index in [0.29, 0.717) is 12.2 Å². The highest BCUT2D eigenvalue weighted by molar-refractivity contribution is 5.48. The Morgan fingerprint density at radius 2 is 2.00 bits per heavy atom. The topological polar surface area (TPSA) is 39.9 Å². The van der Waals surface area contributed by atoms with Crippen molar-refractivity contribution in [2.75, 3.05) is 20.6 Å². The molecule has 4 nitrogen and oxygen atoms in total. The van der Waals surface area contributed by atoms with E-state index in [2.05, 4.69) is 16.0 Å². The molecular formula is C20H21FN2O2. The Balaban J connectivity index is 2.01. The van der Waals surface area contributed by atoms with Gasteiger partial charge >= 0.3 is 6.07 Å². The molecule has 5 heteroatoms. The Hall–Kier alpha value is -2.42. The standard InChI is InChI=1S/C20H21FN2O2/c1-23(2)11-3-10-20(17-5-7-18(21)8-6-17)19-9-4-15(13-22-24)12-16(19)14-25-20/h4-9,12H,3,10-11,14H2,1-2H3/t20-/m1/s1. The molecule has 1 aliphatic rings. The molecule has 130 valence electrons. The van der Waals surface area contributed by atoms with E-state index in [1.165, 1.54) is 12.1 Å². The quantitative estimate of drug-likeness (QED) is 0.769. The van der Waals surface area contributed by atoms with Crippen LogP contribution in [0.25, 0.3) is 5.01 Å². The predicted octanol–water partition coefficient (Wildman–Crippen LogP) is 4.12. The molecule has 1 aliphatic heterocycles. The second-order valence-electron chi connectivity index (χ2n) is 6.60. The van der Waals surface area contributed by atoms with Crippen molar-refractivity contribution in [3.8, 4) is 6.07 Å². The van der Waals surface area contributed by atoms with Gasteiger partial charge in [0, 0.05) is 5.01 Å². The molecule has 0 aliphatic carbocycles. The van der Waals surface area contributed by atoms with Crippen molar-refractivity contribution in [1.29, 1.82) is 0 Å². The summed E-state index contributed by atoms with van der Waals surface area (Å²) in [6.07, 6.45) is 1.74. The minimum Gasteiger partial charge on any atom is -0.498 e. The van der Waals surface area contributed by atoms with Crippen LogP contribution in [0.3, 0.4) is 0 Å². The van der Waals surface area contributed by atoms with Crippen LogP contribution >= 0.6 is 0 Å². The molecule has 0 aromatic heterocycles. The first kappa shape index (κ1) is 17.4. The maximum atomic E-state index is 13.4. The lowest BCUT2D eigenvalue weighted by molar-refractivity contribution is -0.0140. The normalized spacial score (nSPS) is 18.7. The van der Waals surface area contributed by atoms with E-state index in [-0.39, 0.29) is 5.82 Å². The smallest absolute Gasteiger partial charge is 0.336 e. The van der Waals surface area contributed by atoms with Gasteiger partial charge in [0.15, 0.2) is 0 Å². The Bertz CT molecular complexity index is 809. The average Bonchev–Trinajstić information content (AvgIpc) is 2.95. The first-order chi connectivity index (χ1) is 12.0. The third-order valence-corrected chi connectivity index (χ3v) is 4.63. The molecule has 0 amide bonds. The van der Waals surface area contributed by atoms with Crippen LogP contribution in [-0.4, -0.2) is 25.5 Å². The highest BCUT2D eigenvalue weighted by Gasteiger charge is 2.41. The van der Waals surface area contributed by atoms with Gasteiger partial charge in [0.2, 0.25) is 0 Å². The van der Waals surface area contributed by atoms with Gasteiger partial charge in [-0.1, -0.05) is 18.2 Å². The molecular weight excluding hydrogens is 319 g/mol. The summed E-state index contributed by atoms with van der Waals surface area (Å²) < 4.78 is 19.7. The number of fused-ring (bicyclic) bond motifs is 1. The molecule has 1 atom stereocenters. The molecule has 0 fully saturated rings. The number of benzene rings is 2. The fourth-order valence-electron chi connectivity index (χ4n) is 3.46. The molecule has 2 aromatic carbocycles. The third kappa shape index (κ3) is 3.51. The predicted molar refractivity (Wildman–Crippen MR) is 95.9 cm³/mol. The zero-order valence-electron chi connectivity index (χ0n) is 14.5. The van der Waals surface area contributed by atoms with Crippen molar-refractivity contribution in [3.05, 3.63) is 80.8 Å². The van der Waals surface area contributed by atoms with Crippen LogP contribution in [0.15, 0.2) is 42.5 Å². The fraction of sp³-hybridized carbons (Fsp3) is 0.350. The summed E-state index contributed by atoms with van der Waals surface area (Å²) >= 11 is 0. The van der Waals surface area contributed by atoms with Crippen LogP contribution in [0.2, 0.25) is 0 Å². The highest BCUT2D eigenvalue weighted by Crippen LogP contribution is 2.45. The number of rotatable bonds is 5. The molecule has 25 heavy (non-hydrogen) atoms. The third-order valence-electron chi connectivity index (χ3n) is 4.63. The van der Waals surface area contributed by atoms with E-state index >= 15 is 0 Å². The number of nitrogens with zero attached hydrogens (tertiary/aromatic N) is 2. The van der Waals surface area contributed by atoms with Crippen molar-refractivity contribution >= 4 is 0 Å². The Kier molecular flexibility index (Phi) is 5.03. The maximum Gasteiger partial charge on any atom is 0.336 e. The van der Waals surface area contributed by atoms with E-state index in [0.717, 1.165) is 36.1 Å². The summed E-state index contributed by atoms with van der Waals surface area (Å²) in [5.74, 6) is -0.262. The lowest BCUT2D eigenvalue weighted by Crippen LogP contribution is -2.28. The van der Waals surface area contributed by atoms with Gasteiger partial charge in [-0.2, -0.15) is 0 Å². The van der Waals surface area contributed by atoms with Gasteiger partial charge in [-0.05, 0) is 74.4 Å². The fourth-order valence-corrected chi connectivity index (χ4v) is 3.46. The molecule has 0 N–H and O–H groups in total. The Morgan fingerprint density at radius 3 is 2.68 bits per heavy atom. The molecule has 0 spiro atoms. The summed E-state index contributed by atoms with van der Waals surface area (Å²) in [6, 6.07) is 14.6. The molecule has 0 saturated carbocycles.